The van der Waals surface area contributed by atoms with Crippen LogP contribution in [0.15, 0.2) is 42.7 Å². The Morgan fingerprint density at radius 2 is 1.96 bits per heavy atom. The molecule has 2 rings (SSSR count). The van der Waals surface area contributed by atoms with Crippen LogP contribution >= 0.6 is 0 Å². The van der Waals surface area contributed by atoms with Crippen molar-refractivity contribution in [3.8, 4) is 5.69 Å². The molecule has 0 aliphatic rings. The Morgan fingerprint density at radius 1 is 1.26 bits per heavy atom. The molecule has 23 heavy (non-hydrogen) atoms. The summed E-state index contributed by atoms with van der Waals surface area (Å²) >= 11 is 0. The molecule has 0 saturated heterocycles. The molecule has 0 bridgehead atoms. The number of nitrogens with zero attached hydrogens (tertiary/aromatic N) is 2. The van der Waals surface area contributed by atoms with Crippen LogP contribution in [0.3, 0.4) is 0 Å². The Labute approximate surface area is 135 Å². The van der Waals surface area contributed by atoms with Crippen molar-refractivity contribution in [3.05, 3.63) is 48.3 Å². The van der Waals surface area contributed by atoms with E-state index in [0.29, 0.717) is 12.3 Å². The van der Waals surface area contributed by atoms with Crippen LogP contribution in [0.5, 0.6) is 0 Å². The van der Waals surface area contributed by atoms with Crippen LogP contribution in [-0.2, 0) is 4.79 Å². The van der Waals surface area contributed by atoms with Gasteiger partial charge < -0.3 is 10.4 Å². The van der Waals surface area contributed by atoms with Gasteiger partial charge in [-0.3, -0.25) is 9.59 Å². The normalized spacial score (nSPS) is 12.2. The topological polar surface area (TPSA) is 84.2 Å². The monoisotopic (exact) mass is 315 g/mol. The molecular formula is C17H21N3O3. The smallest absolute Gasteiger partial charge is 0.292 e. The summed E-state index contributed by atoms with van der Waals surface area (Å²) in [6.45, 7) is 3.78. The Bertz CT molecular complexity index is 665. The van der Waals surface area contributed by atoms with Crippen molar-refractivity contribution in [2.24, 2.45) is 5.92 Å². The first-order chi connectivity index (χ1) is 11.0. The first kappa shape index (κ1) is 16.9. The van der Waals surface area contributed by atoms with Crippen molar-refractivity contribution in [3.63, 3.8) is 0 Å². The maximum absolute atomic E-state index is 12.2. The van der Waals surface area contributed by atoms with E-state index in [1.54, 1.807) is 0 Å². The average molecular weight is 315 g/mol. The Balaban J connectivity index is 2.05. The predicted octanol–water partition coefficient (Wildman–Crippen LogP) is 1.58. The van der Waals surface area contributed by atoms with Crippen LogP contribution < -0.4 is 5.32 Å². The van der Waals surface area contributed by atoms with Gasteiger partial charge in [0.25, 0.3) is 11.7 Å². The number of aliphatic hydroxyl groups excluding tert-OH is 1. The summed E-state index contributed by atoms with van der Waals surface area (Å²) in [5, 5.41) is 16.0. The van der Waals surface area contributed by atoms with Gasteiger partial charge in [0.05, 0.1) is 30.1 Å². The Morgan fingerprint density at radius 3 is 2.57 bits per heavy atom. The molecule has 1 heterocycles. The van der Waals surface area contributed by atoms with Crippen molar-refractivity contribution < 1.29 is 14.7 Å². The zero-order chi connectivity index (χ0) is 16.8. The molecule has 0 radical (unpaired) electrons. The van der Waals surface area contributed by atoms with Gasteiger partial charge in [0.2, 0.25) is 0 Å². The van der Waals surface area contributed by atoms with Gasteiger partial charge in [-0.2, -0.15) is 5.10 Å². The molecule has 0 aliphatic carbocycles. The van der Waals surface area contributed by atoms with Crippen molar-refractivity contribution in [1.82, 2.24) is 15.1 Å². The van der Waals surface area contributed by atoms with Crippen molar-refractivity contribution in [2.75, 3.05) is 6.61 Å². The lowest BCUT2D eigenvalue weighted by Crippen LogP contribution is -2.42. The molecule has 0 spiro atoms. The molecule has 1 amide bonds. The number of aliphatic hydroxyl groups is 1. The maximum atomic E-state index is 12.2. The highest BCUT2D eigenvalue weighted by atomic mass is 16.3. The number of carbonyl (C=O) groups excluding carboxylic acids is 2. The standard InChI is InChI=1S/C17H21N3O3/c1-12(2)8-14(11-21)19-17(23)16(22)13-9-18-20(10-13)15-6-4-3-5-7-15/h3-7,9-10,12,14,21H,8,11H2,1-2H3,(H,19,23). The number of ketones is 1. The van der Waals surface area contributed by atoms with E-state index in [1.807, 2.05) is 44.2 Å². The molecule has 1 aromatic carbocycles. The van der Waals surface area contributed by atoms with Crippen LogP contribution in [0, 0.1) is 5.92 Å². The van der Waals surface area contributed by atoms with E-state index in [-0.39, 0.29) is 12.2 Å². The number of hydrogen-bond acceptors (Lipinski definition) is 4. The number of aromatic nitrogens is 2. The van der Waals surface area contributed by atoms with E-state index in [9.17, 15) is 14.7 Å². The molecule has 0 aliphatic heterocycles. The minimum absolute atomic E-state index is 0.194. The lowest BCUT2D eigenvalue weighted by molar-refractivity contribution is -0.118. The van der Waals surface area contributed by atoms with E-state index in [0.717, 1.165) is 5.69 Å². The zero-order valence-corrected chi connectivity index (χ0v) is 13.3. The first-order valence-corrected chi connectivity index (χ1v) is 7.57. The zero-order valence-electron chi connectivity index (χ0n) is 13.3. The fourth-order valence-corrected chi connectivity index (χ4v) is 2.29. The minimum atomic E-state index is -0.725. The quantitative estimate of drug-likeness (QED) is 0.600. The van der Waals surface area contributed by atoms with Crippen LogP contribution in [0.4, 0.5) is 0 Å². The van der Waals surface area contributed by atoms with Crippen LogP contribution in [0.25, 0.3) is 5.69 Å². The number of rotatable bonds is 7. The summed E-state index contributed by atoms with van der Waals surface area (Å²) in [5.41, 5.74) is 1.02. The highest BCUT2D eigenvalue weighted by molar-refractivity contribution is 6.42. The van der Waals surface area contributed by atoms with Gasteiger partial charge in [0, 0.05) is 6.20 Å². The minimum Gasteiger partial charge on any atom is -0.394 e. The first-order valence-electron chi connectivity index (χ1n) is 7.57. The number of benzene rings is 1. The number of Topliss-reactive ketones (excluding diaryl/α,β-unsaturated/α-hetero) is 1. The fraction of sp³-hybridized carbons (Fsp3) is 0.353. The van der Waals surface area contributed by atoms with Crippen molar-refractivity contribution in [2.45, 2.75) is 26.3 Å². The van der Waals surface area contributed by atoms with E-state index in [1.165, 1.54) is 17.1 Å². The van der Waals surface area contributed by atoms with Crippen LogP contribution in [0.2, 0.25) is 0 Å². The summed E-state index contributed by atoms with van der Waals surface area (Å²) in [7, 11) is 0. The summed E-state index contributed by atoms with van der Waals surface area (Å²) < 4.78 is 1.54. The molecule has 0 saturated carbocycles. The highest BCUT2D eigenvalue weighted by Gasteiger charge is 2.21. The van der Waals surface area contributed by atoms with Gasteiger partial charge in [0.15, 0.2) is 0 Å². The van der Waals surface area contributed by atoms with Gasteiger partial charge in [-0.15, -0.1) is 0 Å². The molecular weight excluding hydrogens is 294 g/mol. The molecule has 0 fully saturated rings. The van der Waals surface area contributed by atoms with Gasteiger partial charge in [0.1, 0.15) is 0 Å². The number of amides is 1. The third kappa shape index (κ3) is 4.50. The largest absolute Gasteiger partial charge is 0.394 e. The fourth-order valence-electron chi connectivity index (χ4n) is 2.29. The van der Waals surface area contributed by atoms with E-state index in [4.69, 9.17) is 0 Å². The number of para-hydroxylation sites is 1. The molecule has 1 aromatic heterocycles. The van der Waals surface area contributed by atoms with Gasteiger partial charge in [-0.05, 0) is 24.5 Å². The second-order valence-electron chi connectivity index (χ2n) is 5.82. The van der Waals surface area contributed by atoms with Gasteiger partial charge >= 0.3 is 0 Å². The lowest BCUT2D eigenvalue weighted by Gasteiger charge is -2.17. The lowest BCUT2D eigenvalue weighted by atomic mass is 10.0. The van der Waals surface area contributed by atoms with E-state index in [2.05, 4.69) is 10.4 Å². The second-order valence-corrected chi connectivity index (χ2v) is 5.82. The Kier molecular flexibility index (Phi) is 5.65. The van der Waals surface area contributed by atoms with Gasteiger partial charge in [-0.25, -0.2) is 4.68 Å². The SMILES string of the molecule is CC(C)CC(CO)NC(=O)C(=O)c1cnn(-c2ccccc2)c1. The third-order valence-corrected chi connectivity index (χ3v) is 3.38. The molecule has 2 N–H and O–H groups in total. The van der Waals surface area contributed by atoms with E-state index >= 15 is 0 Å². The molecule has 122 valence electrons. The molecule has 6 nitrogen and oxygen atoms in total. The van der Waals surface area contributed by atoms with Crippen molar-refractivity contribution >= 4 is 11.7 Å². The predicted molar refractivity (Wildman–Crippen MR) is 86.4 cm³/mol. The van der Waals surface area contributed by atoms with E-state index < -0.39 is 17.7 Å². The van der Waals surface area contributed by atoms with Crippen molar-refractivity contribution in [1.29, 1.82) is 0 Å². The number of carbonyl (C=O) groups is 2. The summed E-state index contributed by atoms with van der Waals surface area (Å²) in [4.78, 5) is 24.2. The summed E-state index contributed by atoms with van der Waals surface area (Å²) in [6.07, 6.45) is 3.50. The van der Waals surface area contributed by atoms with Crippen LogP contribution in [0.1, 0.15) is 30.6 Å². The maximum Gasteiger partial charge on any atom is 0.292 e. The Hall–Kier alpha value is -2.47. The second kappa shape index (κ2) is 7.69. The molecule has 1 atom stereocenters. The van der Waals surface area contributed by atoms with Gasteiger partial charge in [-0.1, -0.05) is 32.0 Å². The average Bonchev–Trinajstić information content (AvgIpc) is 3.03. The number of nitrogens with one attached hydrogen (secondary N) is 1. The summed E-state index contributed by atoms with van der Waals surface area (Å²) in [6, 6.07) is 8.90. The third-order valence-electron chi connectivity index (χ3n) is 3.38. The molecule has 2 aromatic rings. The van der Waals surface area contributed by atoms with Crippen LogP contribution in [-0.4, -0.2) is 39.2 Å². The highest BCUT2D eigenvalue weighted by Crippen LogP contribution is 2.09. The molecule has 1 unspecified atom stereocenters. The molecule has 6 heteroatoms. The summed E-state index contributed by atoms with van der Waals surface area (Å²) in [5.74, 6) is -1.07. The number of hydrogen-bond donors (Lipinski definition) is 2.